The summed E-state index contributed by atoms with van der Waals surface area (Å²) in [6.45, 7) is 1.71. The van der Waals surface area contributed by atoms with E-state index >= 15 is 0 Å². The molecule has 0 spiro atoms. The molecule has 0 bridgehead atoms. The average Bonchev–Trinajstić information content (AvgIpc) is 3.33. The molecule has 3 heterocycles. The summed E-state index contributed by atoms with van der Waals surface area (Å²) >= 11 is 1.51. The molecule has 7 nitrogen and oxygen atoms in total. The highest BCUT2D eigenvalue weighted by atomic mass is 32.1. The number of amides is 1. The van der Waals surface area contributed by atoms with Gasteiger partial charge in [0.2, 0.25) is 0 Å². The number of anilines is 1. The topological polar surface area (TPSA) is 84.7 Å². The Morgan fingerprint density at radius 3 is 3.07 bits per heavy atom. The number of fused-ring (bicyclic) bond motifs is 4. The zero-order valence-electron chi connectivity index (χ0n) is 16.1. The van der Waals surface area contributed by atoms with Gasteiger partial charge in [0, 0.05) is 41.4 Å². The molecule has 150 valence electrons. The van der Waals surface area contributed by atoms with Crippen LogP contribution in [0.15, 0.2) is 27.4 Å². The molecule has 2 aliphatic rings. The third-order valence-electron chi connectivity index (χ3n) is 5.48. The van der Waals surface area contributed by atoms with E-state index in [0.717, 1.165) is 61.0 Å². The molecule has 1 N–H and O–H groups in total. The van der Waals surface area contributed by atoms with Crippen molar-refractivity contribution in [3.05, 3.63) is 50.3 Å². The largest absolute Gasteiger partial charge is 0.484 e. The van der Waals surface area contributed by atoms with Crippen LogP contribution in [0.25, 0.3) is 11.0 Å². The fourth-order valence-corrected chi connectivity index (χ4v) is 5.14. The van der Waals surface area contributed by atoms with Gasteiger partial charge in [-0.1, -0.05) is 0 Å². The molecule has 8 heteroatoms. The number of likely N-dealkylation sites (N-methyl/N-ethyl adjacent to an activating group) is 1. The Labute approximate surface area is 171 Å². The first-order chi connectivity index (χ1) is 14.1. The monoisotopic (exact) mass is 411 g/mol. The second-order valence-corrected chi connectivity index (χ2v) is 8.66. The number of thiazole rings is 1. The van der Waals surface area contributed by atoms with Crippen LogP contribution in [0.4, 0.5) is 5.13 Å². The summed E-state index contributed by atoms with van der Waals surface area (Å²) in [7, 11) is 2.08. The molecule has 0 unspecified atom stereocenters. The van der Waals surface area contributed by atoms with Crippen molar-refractivity contribution in [2.75, 3.05) is 25.5 Å². The number of benzene rings is 1. The van der Waals surface area contributed by atoms with E-state index in [1.165, 1.54) is 16.2 Å². The fourth-order valence-electron chi connectivity index (χ4n) is 4.03. The maximum absolute atomic E-state index is 12.3. The average molecular weight is 411 g/mol. The molecule has 1 aliphatic carbocycles. The Balaban J connectivity index is 1.26. The van der Waals surface area contributed by atoms with E-state index in [2.05, 4.69) is 22.2 Å². The van der Waals surface area contributed by atoms with E-state index in [-0.39, 0.29) is 18.1 Å². The zero-order valence-corrected chi connectivity index (χ0v) is 16.9. The van der Waals surface area contributed by atoms with Crippen molar-refractivity contribution in [3.63, 3.8) is 0 Å². The third kappa shape index (κ3) is 3.54. The van der Waals surface area contributed by atoms with Crippen molar-refractivity contribution >= 4 is 33.3 Å². The smallest absolute Gasteiger partial charge is 0.339 e. The number of nitrogens with one attached hydrogen (secondary N) is 1. The second kappa shape index (κ2) is 7.27. The van der Waals surface area contributed by atoms with Crippen LogP contribution in [-0.4, -0.2) is 36.0 Å². The summed E-state index contributed by atoms with van der Waals surface area (Å²) in [6, 6.07) is 5.40. The maximum Gasteiger partial charge on any atom is 0.339 e. The Bertz CT molecular complexity index is 1170. The molecule has 0 fully saturated rings. The van der Waals surface area contributed by atoms with Gasteiger partial charge in [-0.05, 0) is 44.0 Å². The molecule has 1 aromatic carbocycles. The van der Waals surface area contributed by atoms with Gasteiger partial charge in [0.15, 0.2) is 11.7 Å². The lowest BCUT2D eigenvalue weighted by Gasteiger charge is -2.20. The number of carbonyl (C=O) groups is 1. The first-order valence-corrected chi connectivity index (χ1v) is 10.6. The van der Waals surface area contributed by atoms with Crippen LogP contribution in [0, 0.1) is 0 Å². The molecule has 0 atom stereocenters. The molecule has 1 amide bonds. The summed E-state index contributed by atoms with van der Waals surface area (Å²) in [6.07, 6.45) is 3.56. The predicted octanol–water partition coefficient (Wildman–Crippen LogP) is 2.74. The van der Waals surface area contributed by atoms with E-state index in [4.69, 9.17) is 9.15 Å². The van der Waals surface area contributed by atoms with E-state index < -0.39 is 0 Å². The van der Waals surface area contributed by atoms with Gasteiger partial charge in [0.1, 0.15) is 11.3 Å². The van der Waals surface area contributed by atoms with Gasteiger partial charge >= 0.3 is 5.63 Å². The SMILES string of the molecule is CN1CCc2nc(NC(=O)COc3ccc4c5c(c(=O)oc4c3)CCC5)sc2C1. The van der Waals surface area contributed by atoms with E-state index in [1.807, 2.05) is 12.1 Å². The summed E-state index contributed by atoms with van der Waals surface area (Å²) in [5.41, 5.74) is 3.19. The number of hydrogen-bond acceptors (Lipinski definition) is 7. The van der Waals surface area contributed by atoms with Crippen LogP contribution < -0.4 is 15.7 Å². The number of ether oxygens (including phenoxy) is 1. The number of hydrogen-bond donors (Lipinski definition) is 1. The normalized spacial score (nSPS) is 15.9. The third-order valence-corrected chi connectivity index (χ3v) is 6.48. The first kappa shape index (κ1) is 18.3. The molecule has 0 saturated carbocycles. The molecule has 0 saturated heterocycles. The lowest BCUT2D eigenvalue weighted by Crippen LogP contribution is -2.25. The number of carbonyl (C=O) groups excluding carboxylic acids is 1. The number of aryl methyl sites for hydroxylation is 1. The van der Waals surface area contributed by atoms with Crippen LogP contribution in [0.2, 0.25) is 0 Å². The van der Waals surface area contributed by atoms with Gasteiger partial charge < -0.3 is 14.1 Å². The molecule has 29 heavy (non-hydrogen) atoms. The summed E-state index contributed by atoms with van der Waals surface area (Å²) in [5.74, 6) is 0.230. The van der Waals surface area contributed by atoms with E-state index in [0.29, 0.717) is 16.5 Å². The van der Waals surface area contributed by atoms with Crippen molar-refractivity contribution in [2.45, 2.75) is 32.2 Å². The van der Waals surface area contributed by atoms with Crippen LogP contribution in [-0.2, 0) is 30.6 Å². The molecule has 0 radical (unpaired) electrons. The maximum atomic E-state index is 12.3. The molecule has 1 aliphatic heterocycles. The van der Waals surface area contributed by atoms with Crippen molar-refractivity contribution in [1.29, 1.82) is 0 Å². The fraction of sp³-hybridized carbons (Fsp3) is 0.381. The minimum atomic E-state index is -0.265. The van der Waals surface area contributed by atoms with Crippen molar-refractivity contribution < 1.29 is 13.9 Å². The van der Waals surface area contributed by atoms with Crippen LogP contribution in [0.5, 0.6) is 5.75 Å². The Morgan fingerprint density at radius 2 is 2.17 bits per heavy atom. The van der Waals surface area contributed by atoms with Crippen LogP contribution >= 0.6 is 11.3 Å². The molecule has 3 aromatic rings. The molecule has 5 rings (SSSR count). The minimum absolute atomic E-state index is 0.134. The highest BCUT2D eigenvalue weighted by molar-refractivity contribution is 7.15. The molecular formula is C21H21N3O4S. The lowest BCUT2D eigenvalue weighted by atomic mass is 10.1. The summed E-state index contributed by atoms with van der Waals surface area (Å²) in [4.78, 5) is 32.4. The Hall–Kier alpha value is -2.71. The Kier molecular flexibility index (Phi) is 4.60. The number of nitrogens with zero attached hydrogens (tertiary/aromatic N) is 2. The lowest BCUT2D eigenvalue weighted by molar-refractivity contribution is -0.118. The van der Waals surface area contributed by atoms with E-state index in [1.54, 1.807) is 6.07 Å². The number of rotatable bonds is 4. The highest BCUT2D eigenvalue weighted by Crippen LogP contribution is 2.30. The first-order valence-electron chi connectivity index (χ1n) is 9.75. The van der Waals surface area contributed by atoms with E-state index in [9.17, 15) is 9.59 Å². The quantitative estimate of drug-likeness (QED) is 0.665. The second-order valence-electron chi connectivity index (χ2n) is 7.57. The van der Waals surface area contributed by atoms with Gasteiger partial charge in [0.25, 0.3) is 5.91 Å². The predicted molar refractivity (Wildman–Crippen MR) is 111 cm³/mol. The van der Waals surface area contributed by atoms with Gasteiger partial charge in [-0.15, -0.1) is 11.3 Å². The van der Waals surface area contributed by atoms with Gasteiger partial charge in [-0.2, -0.15) is 0 Å². The summed E-state index contributed by atoms with van der Waals surface area (Å²) < 4.78 is 11.1. The van der Waals surface area contributed by atoms with Crippen molar-refractivity contribution in [3.8, 4) is 5.75 Å². The standard InChI is InChI=1S/C21H21N3O4S/c1-24-8-7-16-18(10-24)29-21(22-16)23-19(25)11-27-12-5-6-14-13-3-2-4-15(13)20(26)28-17(14)9-12/h5-6,9H,2-4,7-8,10-11H2,1H3,(H,22,23,25). The highest BCUT2D eigenvalue weighted by Gasteiger charge is 2.21. The van der Waals surface area contributed by atoms with Crippen molar-refractivity contribution in [1.82, 2.24) is 9.88 Å². The number of aromatic nitrogens is 1. The Morgan fingerprint density at radius 1 is 1.31 bits per heavy atom. The zero-order chi connectivity index (χ0) is 20.0. The van der Waals surface area contributed by atoms with Crippen molar-refractivity contribution in [2.24, 2.45) is 0 Å². The molecule has 2 aromatic heterocycles. The minimum Gasteiger partial charge on any atom is -0.484 e. The van der Waals surface area contributed by atoms with Gasteiger partial charge in [0.05, 0.1) is 5.69 Å². The summed E-state index contributed by atoms with van der Waals surface area (Å²) in [5, 5.41) is 4.38. The van der Waals surface area contributed by atoms with Gasteiger partial charge in [-0.3, -0.25) is 10.1 Å². The van der Waals surface area contributed by atoms with Gasteiger partial charge in [-0.25, -0.2) is 9.78 Å². The van der Waals surface area contributed by atoms with Crippen LogP contribution in [0.3, 0.4) is 0 Å². The molecular weight excluding hydrogens is 390 g/mol. The van der Waals surface area contributed by atoms with Crippen LogP contribution in [0.1, 0.15) is 28.1 Å².